The highest BCUT2D eigenvalue weighted by Gasteiger charge is 2.25. The molecule has 0 saturated carbocycles. The zero-order chi connectivity index (χ0) is 14.4. The molecule has 1 N–H and O–H groups in total. The molecule has 1 aromatic rings. The van der Waals surface area contributed by atoms with E-state index in [1.54, 1.807) is 12.1 Å². The number of allylic oxidation sites excluding steroid dienone is 2. The van der Waals surface area contributed by atoms with E-state index in [2.05, 4.69) is 17.2 Å². The van der Waals surface area contributed by atoms with Gasteiger partial charge >= 0.3 is 0 Å². The Balaban J connectivity index is 1.91. The van der Waals surface area contributed by atoms with Crippen LogP contribution in [0.2, 0.25) is 0 Å². The summed E-state index contributed by atoms with van der Waals surface area (Å²) in [4.78, 5) is 28.1. The van der Waals surface area contributed by atoms with Crippen molar-refractivity contribution in [2.45, 2.75) is 39.0 Å². The number of rotatable bonds is 7. The van der Waals surface area contributed by atoms with Crippen molar-refractivity contribution in [2.24, 2.45) is 0 Å². The lowest BCUT2D eigenvalue weighted by Gasteiger charge is -2.15. The Hall–Kier alpha value is -1.97. The molecule has 1 aliphatic rings. The first kappa shape index (κ1) is 14.4. The molecule has 1 heterocycles. The molecule has 0 amide bonds. The molecule has 1 aromatic heterocycles. The standard InChI is InChI=1S/C16H20N2O2/c1-2-3-4-5-6-9-17-13-11-14(19)15-12(16(13)20)8-7-10-18-15/h7-8,10-11,17H,2-6,9H2,1H3. The monoisotopic (exact) mass is 272 g/mol. The molecule has 20 heavy (non-hydrogen) atoms. The first-order valence-electron chi connectivity index (χ1n) is 7.23. The van der Waals surface area contributed by atoms with Gasteiger partial charge in [0, 0.05) is 18.8 Å². The van der Waals surface area contributed by atoms with Gasteiger partial charge in [0.1, 0.15) is 5.69 Å². The number of fused-ring (bicyclic) bond motifs is 1. The molecule has 1 aliphatic carbocycles. The molecule has 4 nitrogen and oxygen atoms in total. The maximum Gasteiger partial charge on any atom is 0.211 e. The first-order chi connectivity index (χ1) is 9.74. The van der Waals surface area contributed by atoms with Gasteiger partial charge in [0.15, 0.2) is 0 Å². The van der Waals surface area contributed by atoms with Crippen molar-refractivity contribution >= 4 is 11.6 Å². The van der Waals surface area contributed by atoms with E-state index in [1.165, 1.54) is 31.5 Å². The number of Topliss-reactive ketones (excluding diaryl/α,β-unsaturated/α-hetero) is 1. The zero-order valence-corrected chi connectivity index (χ0v) is 11.8. The number of hydrogen-bond donors (Lipinski definition) is 1. The second-order valence-corrected chi connectivity index (χ2v) is 4.99. The number of hydrogen-bond acceptors (Lipinski definition) is 4. The predicted molar refractivity (Wildman–Crippen MR) is 77.7 cm³/mol. The SMILES string of the molecule is CCCCCCCNC1=CC(=O)c2ncccc2C1=O. The highest BCUT2D eigenvalue weighted by atomic mass is 16.1. The van der Waals surface area contributed by atoms with Crippen LogP contribution in [0.4, 0.5) is 0 Å². The lowest BCUT2D eigenvalue weighted by molar-refractivity contribution is 0.0975. The topological polar surface area (TPSA) is 59.1 Å². The van der Waals surface area contributed by atoms with Crippen LogP contribution in [0.15, 0.2) is 30.1 Å². The van der Waals surface area contributed by atoms with E-state index in [4.69, 9.17) is 0 Å². The van der Waals surface area contributed by atoms with Crippen molar-refractivity contribution in [2.75, 3.05) is 6.54 Å². The third-order valence-electron chi connectivity index (χ3n) is 3.40. The van der Waals surface area contributed by atoms with Crippen LogP contribution in [0.5, 0.6) is 0 Å². The fourth-order valence-corrected chi connectivity index (χ4v) is 2.28. The predicted octanol–water partition coefficient (Wildman–Crippen LogP) is 2.90. The van der Waals surface area contributed by atoms with E-state index >= 15 is 0 Å². The van der Waals surface area contributed by atoms with Gasteiger partial charge in [0.2, 0.25) is 11.6 Å². The van der Waals surface area contributed by atoms with E-state index < -0.39 is 0 Å². The van der Waals surface area contributed by atoms with Crippen molar-refractivity contribution in [1.29, 1.82) is 0 Å². The minimum Gasteiger partial charge on any atom is -0.382 e. The molecule has 0 fully saturated rings. The van der Waals surface area contributed by atoms with Crippen molar-refractivity contribution in [3.05, 3.63) is 41.4 Å². The summed E-state index contributed by atoms with van der Waals surface area (Å²) in [7, 11) is 0. The molecule has 106 valence electrons. The first-order valence-corrected chi connectivity index (χ1v) is 7.23. The second-order valence-electron chi connectivity index (χ2n) is 4.99. The second kappa shape index (κ2) is 6.98. The number of ketones is 2. The highest BCUT2D eigenvalue weighted by molar-refractivity contribution is 6.23. The van der Waals surface area contributed by atoms with Gasteiger partial charge in [-0.25, -0.2) is 0 Å². The summed E-state index contributed by atoms with van der Waals surface area (Å²) in [6.45, 7) is 2.91. The zero-order valence-electron chi connectivity index (χ0n) is 11.8. The quantitative estimate of drug-likeness (QED) is 0.775. The van der Waals surface area contributed by atoms with Crippen LogP contribution < -0.4 is 5.32 Å². The Morgan fingerprint density at radius 2 is 1.95 bits per heavy atom. The smallest absolute Gasteiger partial charge is 0.211 e. The average Bonchev–Trinajstić information content (AvgIpc) is 2.47. The van der Waals surface area contributed by atoms with E-state index in [1.807, 2.05) is 0 Å². The summed E-state index contributed by atoms with van der Waals surface area (Å²) in [6.07, 6.45) is 8.74. The van der Waals surface area contributed by atoms with Crippen LogP contribution in [0.25, 0.3) is 0 Å². The van der Waals surface area contributed by atoms with Gasteiger partial charge in [-0.1, -0.05) is 32.6 Å². The summed E-state index contributed by atoms with van der Waals surface area (Å²) in [5, 5.41) is 3.08. The maximum absolute atomic E-state index is 12.2. The third kappa shape index (κ3) is 3.32. The van der Waals surface area contributed by atoms with Gasteiger partial charge < -0.3 is 5.32 Å². The largest absolute Gasteiger partial charge is 0.382 e. The molecule has 4 heteroatoms. The summed E-state index contributed by atoms with van der Waals surface area (Å²) in [5.74, 6) is -0.338. The summed E-state index contributed by atoms with van der Waals surface area (Å²) >= 11 is 0. The molecule has 0 aliphatic heterocycles. The van der Waals surface area contributed by atoms with Crippen LogP contribution in [-0.4, -0.2) is 23.1 Å². The molecule has 0 bridgehead atoms. The molecule has 2 rings (SSSR count). The number of pyridine rings is 1. The van der Waals surface area contributed by atoms with Gasteiger partial charge in [-0.15, -0.1) is 0 Å². The molecular weight excluding hydrogens is 252 g/mol. The Kier molecular flexibility index (Phi) is 5.04. The number of unbranched alkanes of at least 4 members (excludes halogenated alkanes) is 4. The number of nitrogens with zero attached hydrogens (tertiary/aromatic N) is 1. The average molecular weight is 272 g/mol. The molecule has 0 aromatic carbocycles. The van der Waals surface area contributed by atoms with E-state index in [-0.39, 0.29) is 17.3 Å². The van der Waals surface area contributed by atoms with Gasteiger partial charge in [-0.2, -0.15) is 0 Å². The van der Waals surface area contributed by atoms with E-state index in [9.17, 15) is 9.59 Å². The Bertz CT molecular complexity index is 535. The van der Waals surface area contributed by atoms with Crippen LogP contribution >= 0.6 is 0 Å². The maximum atomic E-state index is 12.2. The van der Waals surface area contributed by atoms with E-state index in [0.717, 1.165) is 19.4 Å². The number of carbonyl (C=O) groups is 2. The van der Waals surface area contributed by atoms with Crippen molar-refractivity contribution in [3.63, 3.8) is 0 Å². The summed E-state index contributed by atoms with van der Waals surface area (Å²) in [5.41, 5.74) is 1.05. The fraction of sp³-hybridized carbons (Fsp3) is 0.438. The third-order valence-corrected chi connectivity index (χ3v) is 3.40. The number of aromatic nitrogens is 1. The van der Waals surface area contributed by atoms with Gasteiger partial charge in [-0.3, -0.25) is 14.6 Å². The van der Waals surface area contributed by atoms with Crippen LogP contribution in [-0.2, 0) is 0 Å². The van der Waals surface area contributed by atoms with Gasteiger partial charge in [0.05, 0.1) is 11.3 Å². The molecule has 0 atom stereocenters. The fourth-order valence-electron chi connectivity index (χ4n) is 2.28. The molecule has 0 spiro atoms. The Morgan fingerprint density at radius 1 is 1.15 bits per heavy atom. The van der Waals surface area contributed by atoms with Crippen LogP contribution in [0, 0.1) is 0 Å². The van der Waals surface area contributed by atoms with Gasteiger partial charge in [0.25, 0.3) is 0 Å². The Morgan fingerprint density at radius 3 is 2.75 bits per heavy atom. The molecular formula is C16H20N2O2. The Labute approximate surface area is 119 Å². The summed E-state index contributed by atoms with van der Waals surface area (Å²) in [6, 6.07) is 3.33. The van der Waals surface area contributed by atoms with Gasteiger partial charge in [-0.05, 0) is 18.6 Å². The van der Waals surface area contributed by atoms with E-state index in [0.29, 0.717) is 11.3 Å². The number of carbonyl (C=O) groups excluding carboxylic acids is 2. The number of nitrogens with one attached hydrogen (secondary N) is 1. The normalized spacial score (nSPS) is 13.9. The van der Waals surface area contributed by atoms with Crippen molar-refractivity contribution in [1.82, 2.24) is 10.3 Å². The van der Waals surface area contributed by atoms with Crippen molar-refractivity contribution in [3.8, 4) is 0 Å². The molecule has 0 radical (unpaired) electrons. The van der Waals surface area contributed by atoms with Crippen LogP contribution in [0.3, 0.4) is 0 Å². The minimum absolute atomic E-state index is 0.138. The minimum atomic E-state index is -0.200. The lowest BCUT2D eigenvalue weighted by Crippen LogP contribution is -2.28. The lowest BCUT2D eigenvalue weighted by atomic mass is 9.97. The van der Waals surface area contributed by atoms with Crippen molar-refractivity contribution < 1.29 is 9.59 Å². The summed E-state index contributed by atoms with van der Waals surface area (Å²) < 4.78 is 0. The highest BCUT2D eigenvalue weighted by Crippen LogP contribution is 2.17. The van der Waals surface area contributed by atoms with Crippen LogP contribution in [0.1, 0.15) is 59.9 Å². The molecule has 0 unspecified atom stereocenters. The molecule has 0 saturated heterocycles.